The average Bonchev–Trinajstić information content (AvgIpc) is 2.85. The molecule has 0 radical (unpaired) electrons. The van der Waals surface area contributed by atoms with Crippen molar-refractivity contribution in [1.29, 1.82) is 0 Å². The van der Waals surface area contributed by atoms with Crippen LogP contribution in [-0.4, -0.2) is 17.0 Å². The van der Waals surface area contributed by atoms with Gasteiger partial charge < -0.3 is 5.32 Å². The second kappa shape index (κ2) is 5.94. The molecule has 1 aliphatic rings. The number of thioether (sulfide) groups is 1. The van der Waals surface area contributed by atoms with Gasteiger partial charge in [-0.3, -0.25) is 4.99 Å². The molecule has 1 N–H and O–H groups in total. The summed E-state index contributed by atoms with van der Waals surface area (Å²) in [6.07, 6.45) is 2.49. The fourth-order valence-electron chi connectivity index (χ4n) is 1.60. The van der Waals surface area contributed by atoms with Gasteiger partial charge in [-0.1, -0.05) is 36.7 Å². The highest BCUT2D eigenvalue weighted by atomic mass is 35.5. The van der Waals surface area contributed by atoms with Gasteiger partial charge in [-0.05, 0) is 18.6 Å². The number of hydrogen-bond donors (Lipinski definition) is 1. The number of aliphatic imine (C=N–C) groups is 1. The van der Waals surface area contributed by atoms with Crippen LogP contribution in [0.2, 0.25) is 4.34 Å². The molecule has 1 aromatic heterocycles. The van der Waals surface area contributed by atoms with Crippen LogP contribution in [0.15, 0.2) is 17.1 Å². The van der Waals surface area contributed by atoms with E-state index in [-0.39, 0.29) is 0 Å². The quantitative estimate of drug-likeness (QED) is 0.904. The molecule has 0 spiro atoms. The van der Waals surface area contributed by atoms with Crippen LogP contribution >= 0.6 is 34.7 Å². The minimum atomic E-state index is 0.680. The Kier molecular flexibility index (Phi) is 4.55. The van der Waals surface area contributed by atoms with Crippen molar-refractivity contribution < 1.29 is 0 Å². The van der Waals surface area contributed by atoms with Crippen LogP contribution in [-0.2, 0) is 6.54 Å². The predicted octanol–water partition coefficient (Wildman–Crippen LogP) is 3.76. The normalized spacial score (nSPS) is 19.9. The van der Waals surface area contributed by atoms with E-state index in [9.17, 15) is 0 Å². The van der Waals surface area contributed by atoms with Crippen LogP contribution in [0.4, 0.5) is 0 Å². The first-order valence-corrected chi connectivity index (χ1v) is 7.54. The zero-order valence-electron chi connectivity index (χ0n) is 9.20. The average molecular weight is 275 g/mol. The Hall–Kier alpha value is -0.190. The summed E-state index contributed by atoms with van der Waals surface area (Å²) in [4.78, 5) is 5.75. The van der Waals surface area contributed by atoms with Crippen molar-refractivity contribution in [3.05, 3.63) is 21.3 Å². The highest BCUT2D eigenvalue weighted by Gasteiger charge is 2.18. The first-order valence-electron chi connectivity index (χ1n) is 5.47. The van der Waals surface area contributed by atoms with Gasteiger partial charge in [0.1, 0.15) is 0 Å². The van der Waals surface area contributed by atoms with Gasteiger partial charge in [0, 0.05) is 10.1 Å². The number of thiophene rings is 1. The zero-order valence-corrected chi connectivity index (χ0v) is 11.6. The largest absolute Gasteiger partial charge is 0.360 e. The van der Waals surface area contributed by atoms with Gasteiger partial charge in [-0.15, -0.1) is 11.3 Å². The van der Waals surface area contributed by atoms with E-state index in [1.807, 2.05) is 17.8 Å². The summed E-state index contributed by atoms with van der Waals surface area (Å²) in [5.74, 6) is 0. The van der Waals surface area contributed by atoms with Gasteiger partial charge in [0.05, 0.1) is 17.4 Å². The van der Waals surface area contributed by atoms with Crippen molar-refractivity contribution in [2.45, 2.75) is 31.6 Å². The molecule has 0 amide bonds. The molecule has 2 rings (SSSR count). The Morgan fingerprint density at radius 3 is 3.12 bits per heavy atom. The lowest BCUT2D eigenvalue weighted by Crippen LogP contribution is -2.18. The third kappa shape index (κ3) is 3.40. The van der Waals surface area contributed by atoms with Gasteiger partial charge in [0.15, 0.2) is 5.17 Å². The molecule has 1 aromatic rings. The van der Waals surface area contributed by atoms with Crippen LogP contribution < -0.4 is 5.32 Å². The maximum absolute atomic E-state index is 5.88. The summed E-state index contributed by atoms with van der Waals surface area (Å²) < 4.78 is 0.849. The number of amidine groups is 1. The Labute approximate surface area is 109 Å². The molecule has 0 bridgehead atoms. The lowest BCUT2D eigenvalue weighted by atomic mass is 10.2. The molecule has 88 valence electrons. The molecule has 2 heterocycles. The lowest BCUT2D eigenvalue weighted by molar-refractivity contribution is 0.754. The summed E-state index contributed by atoms with van der Waals surface area (Å²) in [6.45, 7) is 4.02. The Balaban J connectivity index is 1.75. The third-order valence-electron chi connectivity index (χ3n) is 2.37. The van der Waals surface area contributed by atoms with E-state index in [2.05, 4.69) is 23.3 Å². The lowest BCUT2D eigenvalue weighted by Gasteiger charge is -2.06. The minimum Gasteiger partial charge on any atom is -0.360 e. The fraction of sp³-hybridized carbons (Fsp3) is 0.545. The van der Waals surface area contributed by atoms with E-state index in [1.54, 1.807) is 11.3 Å². The van der Waals surface area contributed by atoms with E-state index >= 15 is 0 Å². The first kappa shape index (κ1) is 12.3. The van der Waals surface area contributed by atoms with Crippen molar-refractivity contribution in [2.24, 2.45) is 4.99 Å². The molecule has 0 fully saturated rings. The van der Waals surface area contributed by atoms with E-state index in [4.69, 9.17) is 11.6 Å². The smallest absolute Gasteiger partial charge is 0.157 e. The molecular weight excluding hydrogens is 260 g/mol. The van der Waals surface area contributed by atoms with Crippen molar-refractivity contribution in [3.8, 4) is 0 Å². The fourth-order valence-corrected chi connectivity index (χ4v) is 3.75. The minimum absolute atomic E-state index is 0.680. The SMILES string of the molecule is CCCC1CN=C(NCc2ccc(Cl)s2)S1. The maximum Gasteiger partial charge on any atom is 0.157 e. The van der Waals surface area contributed by atoms with Crippen LogP contribution in [0, 0.1) is 0 Å². The van der Waals surface area contributed by atoms with E-state index in [0.717, 1.165) is 22.6 Å². The first-order chi connectivity index (χ1) is 7.78. The molecule has 0 aliphatic carbocycles. The number of hydrogen-bond acceptors (Lipinski definition) is 4. The summed E-state index contributed by atoms with van der Waals surface area (Å²) in [7, 11) is 0. The predicted molar refractivity (Wildman–Crippen MR) is 74.8 cm³/mol. The van der Waals surface area contributed by atoms with Gasteiger partial charge in [0.25, 0.3) is 0 Å². The van der Waals surface area contributed by atoms with Gasteiger partial charge in [-0.2, -0.15) is 0 Å². The number of rotatable bonds is 4. The number of nitrogens with one attached hydrogen (secondary N) is 1. The Morgan fingerprint density at radius 1 is 1.56 bits per heavy atom. The van der Waals surface area contributed by atoms with Crippen molar-refractivity contribution in [1.82, 2.24) is 5.32 Å². The van der Waals surface area contributed by atoms with Crippen LogP contribution in [0.3, 0.4) is 0 Å². The molecule has 1 unspecified atom stereocenters. The molecule has 1 atom stereocenters. The standard InChI is InChI=1S/C11H15ClN2S2/c1-2-3-8-6-13-11(16-8)14-7-9-4-5-10(12)15-9/h4-5,8H,2-3,6-7H2,1H3,(H,13,14). The van der Waals surface area contributed by atoms with Crippen molar-refractivity contribution >= 4 is 39.9 Å². The van der Waals surface area contributed by atoms with Crippen molar-refractivity contribution in [2.75, 3.05) is 6.54 Å². The second-order valence-electron chi connectivity index (χ2n) is 3.73. The summed E-state index contributed by atoms with van der Waals surface area (Å²) >= 11 is 9.37. The highest BCUT2D eigenvalue weighted by Crippen LogP contribution is 2.25. The molecule has 0 saturated carbocycles. The van der Waals surface area contributed by atoms with Crippen LogP contribution in [0.1, 0.15) is 24.6 Å². The number of halogens is 1. The molecular formula is C11H15ClN2S2. The molecule has 16 heavy (non-hydrogen) atoms. The van der Waals surface area contributed by atoms with Gasteiger partial charge >= 0.3 is 0 Å². The van der Waals surface area contributed by atoms with Crippen LogP contribution in [0.25, 0.3) is 0 Å². The van der Waals surface area contributed by atoms with Crippen molar-refractivity contribution in [3.63, 3.8) is 0 Å². The van der Waals surface area contributed by atoms with Gasteiger partial charge in [-0.25, -0.2) is 0 Å². The summed E-state index contributed by atoms with van der Waals surface area (Å²) in [6, 6.07) is 4.00. The molecule has 2 nitrogen and oxygen atoms in total. The monoisotopic (exact) mass is 274 g/mol. The van der Waals surface area contributed by atoms with E-state index in [1.165, 1.54) is 17.7 Å². The molecule has 0 aromatic carbocycles. The van der Waals surface area contributed by atoms with E-state index < -0.39 is 0 Å². The summed E-state index contributed by atoms with van der Waals surface area (Å²) in [5, 5.41) is 5.13. The van der Waals surface area contributed by atoms with E-state index in [0.29, 0.717) is 5.25 Å². The Bertz CT molecular complexity index is 376. The van der Waals surface area contributed by atoms with Gasteiger partial charge in [0.2, 0.25) is 0 Å². The molecule has 1 aliphatic heterocycles. The zero-order chi connectivity index (χ0) is 11.4. The Morgan fingerprint density at radius 2 is 2.44 bits per heavy atom. The molecule has 0 saturated heterocycles. The third-order valence-corrected chi connectivity index (χ3v) is 4.82. The number of nitrogens with zero attached hydrogens (tertiary/aromatic N) is 1. The maximum atomic E-state index is 5.88. The highest BCUT2D eigenvalue weighted by molar-refractivity contribution is 8.14. The van der Waals surface area contributed by atoms with Crippen LogP contribution in [0.5, 0.6) is 0 Å². The summed E-state index contributed by atoms with van der Waals surface area (Å²) in [5.41, 5.74) is 0. The topological polar surface area (TPSA) is 24.4 Å². The molecule has 5 heteroatoms. The second-order valence-corrected chi connectivity index (χ2v) is 6.82.